The Hall–Kier alpha value is -1.57. The van der Waals surface area contributed by atoms with Crippen LogP contribution in [-0.4, -0.2) is 5.24 Å². The molecule has 0 aromatic heterocycles. The molecule has 2 aromatic carbocycles. The Morgan fingerprint density at radius 1 is 1.10 bits per heavy atom. The van der Waals surface area contributed by atoms with Gasteiger partial charge in [-0.25, -0.2) is 0 Å². The van der Waals surface area contributed by atoms with Crippen LogP contribution >= 0.6 is 23.2 Å². The van der Waals surface area contributed by atoms with Gasteiger partial charge >= 0.3 is 0 Å². The van der Waals surface area contributed by atoms with E-state index in [0.717, 1.165) is 17.0 Å². The molecule has 0 aliphatic carbocycles. The van der Waals surface area contributed by atoms with E-state index < -0.39 is 5.24 Å². The number of halogens is 2. The van der Waals surface area contributed by atoms with Gasteiger partial charge in [0.05, 0.1) is 0 Å². The predicted molar refractivity (Wildman–Crippen MR) is 90.1 cm³/mol. The molecule has 1 nitrogen and oxygen atoms in total. The van der Waals surface area contributed by atoms with E-state index in [1.165, 1.54) is 28.3 Å². The average Bonchev–Trinajstić information content (AvgIpc) is 2.42. The van der Waals surface area contributed by atoms with Gasteiger partial charge in [-0.2, -0.15) is 0 Å². The largest absolute Gasteiger partial charge is 0.276 e. The van der Waals surface area contributed by atoms with Crippen LogP contribution in [0.2, 0.25) is 5.02 Å². The number of hydrogen-bond donors (Lipinski definition) is 0. The highest BCUT2D eigenvalue weighted by Gasteiger charge is 2.06. The van der Waals surface area contributed by atoms with E-state index in [1.54, 1.807) is 6.08 Å². The summed E-state index contributed by atoms with van der Waals surface area (Å²) in [5.74, 6) is 0. The van der Waals surface area contributed by atoms with Crippen molar-refractivity contribution in [3.8, 4) is 0 Å². The fraction of sp³-hybridized carbons (Fsp3) is 0.167. The van der Waals surface area contributed by atoms with Gasteiger partial charge in [0.15, 0.2) is 0 Å². The SMILES string of the molecule is Cc1cc(/C=C/C(=O)Cl)cc(C)c1Cc1ccc(Cl)cc1. The van der Waals surface area contributed by atoms with Crippen LogP contribution in [0.25, 0.3) is 6.08 Å². The molecule has 0 aliphatic heterocycles. The van der Waals surface area contributed by atoms with E-state index in [0.29, 0.717) is 0 Å². The Morgan fingerprint density at radius 2 is 1.67 bits per heavy atom. The normalized spacial score (nSPS) is 11.0. The lowest BCUT2D eigenvalue weighted by molar-refractivity contribution is -0.107. The molecule has 3 heteroatoms. The molecule has 0 unspecified atom stereocenters. The molecular formula is C18H16Cl2O. The van der Waals surface area contributed by atoms with Crippen molar-refractivity contribution in [3.63, 3.8) is 0 Å². The van der Waals surface area contributed by atoms with Gasteiger partial charge in [-0.3, -0.25) is 4.79 Å². The molecule has 0 bridgehead atoms. The minimum absolute atomic E-state index is 0.462. The Kier molecular flexibility index (Phi) is 5.22. The predicted octanol–water partition coefficient (Wildman–Crippen LogP) is 5.33. The van der Waals surface area contributed by atoms with Crippen LogP contribution in [0.15, 0.2) is 42.5 Å². The Labute approximate surface area is 135 Å². The molecule has 0 amide bonds. The van der Waals surface area contributed by atoms with Crippen LogP contribution in [0.4, 0.5) is 0 Å². The molecule has 0 saturated carbocycles. The van der Waals surface area contributed by atoms with E-state index >= 15 is 0 Å². The molecule has 0 N–H and O–H groups in total. The van der Waals surface area contributed by atoms with Crippen LogP contribution in [0.5, 0.6) is 0 Å². The maximum atomic E-state index is 10.8. The molecule has 0 saturated heterocycles. The number of carbonyl (C=O) groups excluding carboxylic acids is 1. The number of aryl methyl sites for hydroxylation is 2. The highest BCUT2D eigenvalue weighted by molar-refractivity contribution is 6.66. The summed E-state index contributed by atoms with van der Waals surface area (Å²) < 4.78 is 0. The quantitative estimate of drug-likeness (QED) is 0.550. The zero-order valence-electron chi connectivity index (χ0n) is 12.0. The molecule has 0 aliphatic rings. The summed E-state index contributed by atoms with van der Waals surface area (Å²) in [5, 5.41) is 0.286. The minimum atomic E-state index is -0.462. The highest BCUT2D eigenvalue weighted by Crippen LogP contribution is 2.22. The Bertz CT molecular complexity index is 662. The molecule has 0 spiro atoms. The van der Waals surface area contributed by atoms with Crippen molar-refractivity contribution in [1.29, 1.82) is 0 Å². The van der Waals surface area contributed by atoms with Gasteiger partial charge in [0.25, 0.3) is 0 Å². The van der Waals surface area contributed by atoms with Crippen molar-refractivity contribution in [2.45, 2.75) is 20.3 Å². The summed E-state index contributed by atoms with van der Waals surface area (Å²) in [6.07, 6.45) is 3.98. The van der Waals surface area contributed by atoms with E-state index in [4.69, 9.17) is 23.2 Å². The first kappa shape index (κ1) is 15.8. The molecule has 0 fully saturated rings. The lowest BCUT2D eigenvalue weighted by atomic mass is 9.94. The molecule has 2 aromatic rings. The molecule has 21 heavy (non-hydrogen) atoms. The fourth-order valence-corrected chi connectivity index (χ4v) is 2.56. The minimum Gasteiger partial charge on any atom is -0.276 e. The van der Waals surface area contributed by atoms with Gasteiger partial charge in [-0.05, 0) is 77.9 Å². The molecule has 108 valence electrons. The number of benzene rings is 2. The lowest BCUT2D eigenvalue weighted by Gasteiger charge is -2.12. The topological polar surface area (TPSA) is 17.1 Å². The molecular weight excluding hydrogens is 303 g/mol. The van der Waals surface area contributed by atoms with Gasteiger partial charge in [0.1, 0.15) is 0 Å². The first-order valence-electron chi connectivity index (χ1n) is 6.68. The molecule has 2 rings (SSSR count). The summed E-state index contributed by atoms with van der Waals surface area (Å²) in [6, 6.07) is 12.0. The molecule has 0 heterocycles. The first-order valence-corrected chi connectivity index (χ1v) is 7.43. The van der Waals surface area contributed by atoms with E-state index in [9.17, 15) is 4.79 Å². The second-order valence-corrected chi connectivity index (χ2v) is 5.88. The van der Waals surface area contributed by atoms with Crippen LogP contribution in [0.3, 0.4) is 0 Å². The van der Waals surface area contributed by atoms with Crippen LogP contribution in [-0.2, 0) is 11.2 Å². The Morgan fingerprint density at radius 3 is 2.19 bits per heavy atom. The van der Waals surface area contributed by atoms with Crippen LogP contribution in [0.1, 0.15) is 27.8 Å². The molecule has 0 atom stereocenters. The average molecular weight is 319 g/mol. The van der Waals surface area contributed by atoms with Gasteiger partial charge in [0, 0.05) is 5.02 Å². The molecule has 0 radical (unpaired) electrons. The van der Waals surface area contributed by atoms with Crippen molar-refractivity contribution < 1.29 is 4.79 Å². The van der Waals surface area contributed by atoms with Crippen LogP contribution < -0.4 is 0 Å². The summed E-state index contributed by atoms with van der Waals surface area (Å²) in [5.41, 5.74) is 5.91. The van der Waals surface area contributed by atoms with E-state index in [1.807, 2.05) is 24.3 Å². The second-order valence-electron chi connectivity index (χ2n) is 5.07. The maximum absolute atomic E-state index is 10.8. The maximum Gasteiger partial charge on any atom is 0.245 e. The highest BCUT2D eigenvalue weighted by atomic mass is 35.5. The van der Waals surface area contributed by atoms with E-state index in [2.05, 4.69) is 26.0 Å². The van der Waals surface area contributed by atoms with Crippen molar-refractivity contribution in [2.75, 3.05) is 0 Å². The first-order chi connectivity index (χ1) is 9.95. The van der Waals surface area contributed by atoms with Gasteiger partial charge in [-0.15, -0.1) is 0 Å². The monoisotopic (exact) mass is 318 g/mol. The van der Waals surface area contributed by atoms with Crippen LogP contribution in [0, 0.1) is 13.8 Å². The number of allylic oxidation sites excluding steroid dienone is 1. The summed E-state index contributed by atoms with van der Waals surface area (Å²) in [7, 11) is 0. The standard InChI is InChI=1S/C18H16Cl2O/c1-12-9-15(5-8-18(20)21)10-13(2)17(12)11-14-3-6-16(19)7-4-14/h3-10H,11H2,1-2H3/b8-5+. The third kappa shape index (κ3) is 4.45. The van der Waals surface area contributed by atoms with E-state index in [-0.39, 0.29) is 0 Å². The zero-order valence-corrected chi connectivity index (χ0v) is 13.5. The summed E-state index contributed by atoms with van der Waals surface area (Å²) >= 11 is 11.2. The Balaban J connectivity index is 2.28. The third-order valence-corrected chi connectivity index (χ3v) is 3.80. The zero-order chi connectivity index (χ0) is 15.4. The lowest BCUT2D eigenvalue weighted by Crippen LogP contribution is -1.97. The third-order valence-electron chi connectivity index (χ3n) is 3.42. The van der Waals surface area contributed by atoms with Crippen molar-refractivity contribution in [1.82, 2.24) is 0 Å². The van der Waals surface area contributed by atoms with Crippen molar-refractivity contribution >= 4 is 34.5 Å². The van der Waals surface area contributed by atoms with Gasteiger partial charge < -0.3 is 0 Å². The summed E-state index contributed by atoms with van der Waals surface area (Å²) in [4.78, 5) is 10.8. The smallest absolute Gasteiger partial charge is 0.245 e. The van der Waals surface area contributed by atoms with Gasteiger partial charge in [-0.1, -0.05) is 41.9 Å². The second kappa shape index (κ2) is 6.93. The fourth-order valence-electron chi connectivity index (χ4n) is 2.37. The number of rotatable bonds is 4. The van der Waals surface area contributed by atoms with Crippen molar-refractivity contribution in [3.05, 3.63) is 75.3 Å². The van der Waals surface area contributed by atoms with Gasteiger partial charge in [0.2, 0.25) is 5.24 Å². The summed E-state index contributed by atoms with van der Waals surface area (Å²) in [6.45, 7) is 4.16. The number of hydrogen-bond acceptors (Lipinski definition) is 1. The number of carbonyl (C=O) groups is 1. The van der Waals surface area contributed by atoms with Crippen molar-refractivity contribution in [2.24, 2.45) is 0 Å².